The van der Waals surface area contributed by atoms with E-state index >= 15 is 0 Å². The fourth-order valence-electron chi connectivity index (χ4n) is 2.24. The Morgan fingerprint density at radius 1 is 1.29 bits per heavy atom. The van der Waals surface area contributed by atoms with Crippen LogP contribution >= 0.6 is 0 Å². The molecule has 3 nitrogen and oxygen atoms in total. The van der Waals surface area contributed by atoms with E-state index in [4.69, 9.17) is 5.11 Å². The Hall–Kier alpha value is -0.120. The zero-order valence-electron chi connectivity index (χ0n) is 9.13. The van der Waals surface area contributed by atoms with Gasteiger partial charge in [-0.05, 0) is 19.8 Å². The number of aliphatic hydroxyl groups is 2. The Balaban J connectivity index is 2.29. The summed E-state index contributed by atoms with van der Waals surface area (Å²) in [6.45, 7) is 3.52. The van der Waals surface area contributed by atoms with Crippen LogP contribution in [0.25, 0.3) is 0 Å². The molecule has 0 unspecified atom stereocenters. The Bertz CT molecular complexity index is 153. The van der Waals surface area contributed by atoms with Crippen LogP contribution in [0.3, 0.4) is 0 Å². The largest absolute Gasteiger partial charge is 0.396 e. The highest BCUT2D eigenvalue weighted by Gasteiger charge is 2.30. The lowest BCUT2D eigenvalue weighted by atomic mass is 9.74. The first-order valence-electron chi connectivity index (χ1n) is 5.68. The second-order valence-electron chi connectivity index (χ2n) is 4.70. The molecular weight excluding hydrogens is 178 g/mol. The summed E-state index contributed by atoms with van der Waals surface area (Å²) in [5.74, 6) is 0. The average molecular weight is 201 g/mol. The van der Waals surface area contributed by atoms with E-state index in [1.54, 1.807) is 6.92 Å². The van der Waals surface area contributed by atoms with Crippen molar-refractivity contribution in [1.29, 1.82) is 0 Å². The summed E-state index contributed by atoms with van der Waals surface area (Å²) in [5, 5.41) is 21.8. The van der Waals surface area contributed by atoms with E-state index in [1.807, 2.05) is 0 Å². The van der Waals surface area contributed by atoms with Crippen molar-refractivity contribution < 1.29 is 10.2 Å². The molecule has 0 bridgehead atoms. The average Bonchev–Trinajstić information content (AvgIpc) is 2.19. The standard InChI is InChI=1S/C11H23NO2/c1-10(14)7-12-8-11(9-13)5-3-2-4-6-11/h10,12-14H,2-9H2,1H3/t10-/m0/s1. The molecule has 0 heterocycles. The predicted octanol–water partition coefficient (Wildman–Crippen LogP) is 0.900. The molecule has 1 saturated carbocycles. The van der Waals surface area contributed by atoms with Gasteiger partial charge in [0.05, 0.1) is 6.10 Å². The van der Waals surface area contributed by atoms with Crippen molar-refractivity contribution in [1.82, 2.24) is 5.32 Å². The van der Waals surface area contributed by atoms with Gasteiger partial charge in [-0.1, -0.05) is 19.3 Å². The molecule has 1 aliphatic rings. The van der Waals surface area contributed by atoms with Crippen LogP contribution in [0.15, 0.2) is 0 Å². The topological polar surface area (TPSA) is 52.5 Å². The van der Waals surface area contributed by atoms with Crippen LogP contribution in [-0.2, 0) is 0 Å². The van der Waals surface area contributed by atoms with Gasteiger partial charge in [-0.25, -0.2) is 0 Å². The van der Waals surface area contributed by atoms with Crippen molar-refractivity contribution >= 4 is 0 Å². The Morgan fingerprint density at radius 3 is 2.43 bits per heavy atom. The highest BCUT2D eigenvalue weighted by molar-refractivity contribution is 4.84. The van der Waals surface area contributed by atoms with Crippen LogP contribution in [0.5, 0.6) is 0 Å². The van der Waals surface area contributed by atoms with E-state index in [-0.39, 0.29) is 18.1 Å². The van der Waals surface area contributed by atoms with Crippen molar-refractivity contribution in [3.63, 3.8) is 0 Å². The number of hydrogen-bond donors (Lipinski definition) is 3. The molecule has 0 spiro atoms. The quantitative estimate of drug-likeness (QED) is 0.619. The summed E-state index contributed by atoms with van der Waals surface area (Å²) in [6, 6.07) is 0. The molecule has 84 valence electrons. The van der Waals surface area contributed by atoms with Gasteiger partial charge in [-0.3, -0.25) is 0 Å². The van der Waals surface area contributed by atoms with Gasteiger partial charge in [0.2, 0.25) is 0 Å². The lowest BCUT2D eigenvalue weighted by Crippen LogP contribution is -2.41. The minimum absolute atomic E-state index is 0.0904. The first kappa shape index (κ1) is 12.0. The highest BCUT2D eigenvalue weighted by Crippen LogP contribution is 2.35. The third kappa shape index (κ3) is 3.56. The monoisotopic (exact) mass is 201 g/mol. The molecule has 0 aromatic rings. The molecule has 0 saturated heterocycles. The van der Waals surface area contributed by atoms with Gasteiger partial charge in [-0.2, -0.15) is 0 Å². The minimum Gasteiger partial charge on any atom is -0.396 e. The smallest absolute Gasteiger partial charge is 0.0636 e. The SMILES string of the molecule is C[C@H](O)CNCC1(CO)CCCCC1. The van der Waals surface area contributed by atoms with Crippen LogP contribution < -0.4 is 5.32 Å². The van der Waals surface area contributed by atoms with Crippen LogP contribution in [0, 0.1) is 5.41 Å². The molecule has 1 rings (SSSR count). The van der Waals surface area contributed by atoms with Crippen molar-refractivity contribution in [2.45, 2.75) is 45.1 Å². The molecule has 0 radical (unpaired) electrons. The summed E-state index contributed by atoms with van der Waals surface area (Å²) in [4.78, 5) is 0. The van der Waals surface area contributed by atoms with E-state index in [0.717, 1.165) is 19.4 Å². The van der Waals surface area contributed by atoms with Crippen molar-refractivity contribution in [2.75, 3.05) is 19.7 Å². The summed E-state index contributed by atoms with van der Waals surface area (Å²) in [7, 11) is 0. The van der Waals surface area contributed by atoms with Crippen molar-refractivity contribution in [2.24, 2.45) is 5.41 Å². The molecule has 3 N–H and O–H groups in total. The molecule has 1 fully saturated rings. The Labute approximate surface area is 86.5 Å². The second-order valence-corrected chi connectivity index (χ2v) is 4.70. The zero-order valence-corrected chi connectivity index (χ0v) is 9.13. The van der Waals surface area contributed by atoms with Gasteiger partial charge in [0.25, 0.3) is 0 Å². The second kappa shape index (κ2) is 5.69. The molecule has 14 heavy (non-hydrogen) atoms. The fourth-order valence-corrected chi connectivity index (χ4v) is 2.24. The minimum atomic E-state index is -0.297. The van der Waals surface area contributed by atoms with Crippen LogP contribution in [0.1, 0.15) is 39.0 Å². The number of aliphatic hydroxyl groups excluding tert-OH is 2. The maximum absolute atomic E-state index is 9.40. The third-order valence-corrected chi connectivity index (χ3v) is 3.19. The zero-order chi connectivity index (χ0) is 10.4. The van der Waals surface area contributed by atoms with Gasteiger partial charge in [0.1, 0.15) is 0 Å². The van der Waals surface area contributed by atoms with Gasteiger partial charge in [-0.15, -0.1) is 0 Å². The van der Waals surface area contributed by atoms with Gasteiger partial charge in [0.15, 0.2) is 0 Å². The van der Waals surface area contributed by atoms with E-state index in [2.05, 4.69) is 5.32 Å². The van der Waals surface area contributed by atoms with E-state index in [1.165, 1.54) is 19.3 Å². The number of nitrogens with one attached hydrogen (secondary N) is 1. The van der Waals surface area contributed by atoms with Gasteiger partial charge < -0.3 is 15.5 Å². The van der Waals surface area contributed by atoms with Crippen LogP contribution in [0.4, 0.5) is 0 Å². The first-order chi connectivity index (χ1) is 6.68. The lowest BCUT2D eigenvalue weighted by molar-refractivity contribution is 0.0769. The summed E-state index contributed by atoms with van der Waals surface area (Å²) >= 11 is 0. The summed E-state index contributed by atoms with van der Waals surface area (Å²) in [5.41, 5.74) is 0.0904. The van der Waals surface area contributed by atoms with E-state index < -0.39 is 0 Å². The van der Waals surface area contributed by atoms with Crippen molar-refractivity contribution in [3.8, 4) is 0 Å². The molecular formula is C11H23NO2. The van der Waals surface area contributed by atoms with Crippen molar-refractivity contribution in [3.05, 3.63) is 0 Å². The molecule has 0 aromatic heterocycles. The summed E-state index contributed by atoms with van der Waals surface area (Å²) in [6.07, 6.45) is 5.72. The molecule has 0 aromatic carbocycles. The Kier molecular flexibility index (Phi) is 4.85. The molecule has 0 aliphatic heterocycles. The number of rotatable bonds is 5. The maximum Gasteiger partial charge on any atom is 0.0636 e. The normalized spacial score (nSPS) is 23.4. The Morgan fingerprint density at radius 2 is 1.93 bits per heavy atom. The van der Waals surface area contributed by atoms with Gasteiger partial charge >= 0.3 is 0 Å². The molecule has 1 atom stereocenters. The number of hydrogen-bond acceptors (Lipinski definition) is 3. The van der Waals surface area contributed by atoms with Crippen LogP contribution in [0.2, 0.25) is 0 Å². The van der Waals surface area contributed by atoms with E-state index in [9.17, 15) is 5.11 Å². The first-order valence-corrected chi connectivity index (χ1v) is 5.68. The van der Waals surface area contributed by atoms with Crippen LogP contribution in [-0.4, -0.2) is 36.0 Å². The van der Waals surface area contributed by atoms with E-state index in [0.29, 0.717) is 6.54 Å². The molecule has 1 aliphatic carbocycles. The van der Waals surface area contributed by atoms with Gasteiger partial charge in [0, 0.05) is 25.1 Å². The highest BCUT2D eigenvalue weighted by atomic mass is 16.3. The molecule has 3 heteroatoms. The third-order valence-electron chi connectivity index (χ3n) is 3.19. The lowest BCUT2D eigenvalue weighted by Gasteiger charge is -2.36. The fraction of sp³-hybridized carbons (Fsp3) is 1.00. The maximum atomic E-state index is 9.40. The summed E-state index contributed by atoms with van der Waals surface area (Å²) < 4.78 is 0. The molecule has 0 amide bonds. The predicted molar refractivity (Wildman–Crippen MR) is 57.2 cm³/mol.